The second kappa shape index (κ2) is 12.2. The van der Waals surface area contributed by atoms with Crippen LogP contribution in [0, 0.1) is 27.7 Å². The van der Waals surface area contributed by atoms with Crippen molar-refractivity contribution in [1.82, 2.24) is 8.96 Å². The molecule has 294 valence electrons. The molecule has 7 heterocycles. The highest BCUT2D eigenvalue weighted by Crippen LogP contribution is 2.52. The smallest absolute Gasteiger partial charge is 0.455 e. The van der Waals surface area contributed by atoms with Gasteiger partial charge in [-0.1, -0.05) is 64.1 Å². The molecule has 0 bridgehead atoms. The standard InChI is InChI=1S/C46H50B2F4N4O/c1-13-31-23(5)41-39(42-24(6)32(14-2)28(10)54(42)47(49,50)53(41)27(31)9)37-21-17-19-35-36-20-18-22-38(46(36)57-45(35)37)40-43-25(7)33(15-3)29(11)55(43)48(51,52)56-30(12)34(16-4)26(8)44(40)56/h17-22H,13-16H2,1-12H3. The van der Waals surface area contributed by atoms with Crippen molar-refractivity contribution in [1.29, 1.82) is 0 Å². The molecule has 0 atom stereocenters. The highest BCUT2D eigenvalue weighted by Gasteiger charge is 2.58. The summed E-state index contributed by atoms with van der Waals surface area (Å²) in [5.41, 5.74) is 15.6. The van der Waals surface area contributed by atoms with Gasteiger partial charge in [-0.05, 0) is 101 Å². The van der Waals surface area contributed by atoms with Gasteiger partial charge >= 0.3 is 13.9 Å². The summed E-state index contributed by atoms with van der Waals surface area (Å²) < 4.78 is 81.0. The Morgan fingerprint density at radius 1 is 0.544 bits per heavy atom. The number of aromatic nitrogens is 2. The minimum absolute atomic E-state index is 0.524. The van der Waals surface area contributed by atoms with E-state index >= 15 is 17.3 Å². The molecule has 0 saturated carbocycles. The zero-order chi connectivity index (χ0) is 40.9. The van der Waals surface area contributed by atoms with Crippen LogP contribution in [0.25, 0.3) is 33.1 Å². The number of hydrogen-bond donors (Lipinski definition) is 0. The van der Waals surface area contributed by atoms with Gasteiger partial charge in [0.05, 0.1) is 11.1 Å². The van der Waals surface area contributed by atoms with Gasteiger partial charge in [0.25, 0.3) is 0 Å². The predicted octanol–water partition coefficient (Wildman–Crippen LogP) is 12.0. The summed E-state index contributed by atoms with van der Waals surface area (Å²) in [5, 5.41) is 1.68. The molecular formula is C46H50B2F4N4O. The highest BCUT2D eigenvalue weighted by molar-refractivity contribution is 6.59. The molecule has 4 aliphatic rings. The molecule has 9 rings (SSSR count). The SMILES string of the molecule is CCC1=C(C)C2=C(c3cccc4c3oc3c(C5=C6C(C)=C(CC)C(C)=[N+]6[B-](F)(F)n6c(C)c(CC)c(C)c65)cccc34)c3c(C)c(CC)c(C)n3[B-](F)(F)[N+]2=C1C. The molecule has 0 fully saturated rings. The number of benzene rings is 2. The fourth-order valence-corrected chi connectivity index (χ4v) is 11.7. The molecule has 5 nitrogen and oxygen atoms in total. The monoisotopic (exact) mass is 772 g/mol. The van der Waals surface area contributed by atoms with E-state index in [0.29, 0.717) is 82.4 Å². The first-order chi connectivity index (χ1) is 27.0. The molecule has 57 heavy (non-hydrogen) atoms. The van der Waals surface area contributed by atoms with Crippen molar-refractivity contribution >= 4 is 58.4 Å². The third-order valence-corrected chi connectivity index (χ3v) is 14.1. The van der Waals surface area contributed by atoms with Crippen molar-refractivity contribution in [3.05, 3.63) is 126 Å². The maximum atomic E-state index is 17.2. The predicted molar refractivity (Wildman–Crippen MR) is 227 cm³/mol. The zero-order valence-electron chi connectivity index (χ0n) is 35.2. The first kappa shape index (κ1) is 37.5. The van der Waals surface area contributed by atoms with Crippen LogP contribution in [-0.4, -0.2) is 43.3 Å². The van der Waals surface area contributed by atoms with Gasteiger partial charge in [0.1, 0.15) is 22.6 Å². The minimum Gasteiger partial charge on any atom is -0.455 e. The van der Waals surface area contributed by atoms with Gasteiger partial charge in [-0.3, -0.25) is 0 Å². The molecule has 2 aromatic carbocycles. The molecule has 0 spiro atoms. The van der Waals surface area contributed by atoms with Crippen LogP contribution in [-0.2, 0) is 12.8 Å². The molecule has 3 aromatic heterocycles. The number of para-hydroxylation sites is 2. The molecule has 4 aliphatic heterocycles. The molecular weight excluding hydrogens is 722 g/mol. The fraction of sp³-hybridized carbons (Fsp3) is 0.348. The summed E-state index contributed by atoms with van der Waals surface area (Å²) in [5.74, 6) is 0. The van der Waals surface area contributed by atoms with E-state index in [1.54, 1.807) is 0 Å². The van der Waals surface area contributed by atoms with Crippen LogP contribution >= 0.6 is 0 Å². The van der Waals surface area contributed by atoms with E-state index in [-0.39, 0.29) is 0 Å². The maximum absolute atomic E-state index is 17.2. The molecule has 0 unspecified atom stereocenters. The van der Waals surface area contributed by atoms with Crippen molar-refractivity contribution in [3.63, 3.8) is 0 Å². The summed E-state index contributed by atoms with van der Waals surface area (Å²) in [6.45, 7) is 14.8. The number of fused-ring (bicyclic) bond motifs is 7. The van der Waals surface area contributed by atoms with Gasteiger partial charge in [-0.15, -0.1) is 0 Å². The first-order valence-corrected chi connectivity index (χ1v) is 20.6. The van der Waals surface area contributed by atoms with Crippen molar-refractivity contribution in [2.75, 3.05) is 0 Å². The lowest BCUT2D eigenvalue weighted by atomic mass is 9.83. The molecule has 5 aromatic rings. The lowest BCUT2D eigenvalue weighted by molar-refractivity contribution is -0.364. The summed E-state index contributed by atoms with van der Waals surface area (Å²) in [4.78, 5) is 0. The van der Waals surface area contributed by atoms with Crippen molar-refractivity contribution in [2.45, 2.75) is 109 Å². The number of halogens is 4. The van der Waals surface area contributed by atoms with E-state index in [2.05, 4.69) is 0 Å². The third-order valence-electron chi connectivity index (χ3n) is 14.1. The summed E-state index contributed by atoms with van der Waals surface area (Å²) in [6, 6.07) is 12.0. The van der Waals surface area contributed by atoms with E-state index in [4.69, 9.17) is 4.42 Å². The molecule has 0 amide bonds. The van der Waals surface area contributed by atoms with Crippen molar-refractivity contribution < 1.29 is 30.7 Å². The maximum Gasteiger partial charge on any atom is 0.737 e. The molecule has 11 heteroatoms. The van der Waals surface area contributed by atoms with Gasteiger partial charge in [0.2, 0.25) is 0 Å². The minimum atomic E-state index is -4.20. The summed E-state index contributed by atoms with van der Waals surface area (Å²) in [7, 11) is 0. The van der Waals surface area contributed by atoms with Crippen LogP contribution in [0.2, 0.25) is 0 Å². The number of furan rings is 1. The van der Waals surface area contributed by atoms with Gasteiger partial charge in [0.15, 0.2) is 11.4 Å². The normalized spacial score (nSPS) is 18.7. The van der Waals surface area contributed by atoms with Crippen molar-refractivity contribution in [2.24, 2.45) is 0 Å². The Bertz CT molecular complexity index is 2730. The summed E-state index contributed by atoms with van der Waals surface area (Å²) in [6.07, 6.45) is 2.51. The van der Waals surface area contributed by atoms with E-state index in [1.165, 1.54) is 17.9 Å². The Labute approximate surface area is 332 Å². The van der Waals surface area contributed by atoms with E-state index in [0.717, 1.165) is 77.6 Å². The van der Waals surface area contributed by atoms with Gasteiger partial charge in [-0.2, -0.15) is 0 Å². The average Bonchev–Trinajstić information content (AvgIpc) is 3.90. The van der Waals surface area contributed by atoms with Crippen LogP contribution in [0.5, 0.6) is 0 Å². The third kappa shape index (κ3) is 4.38. The Morgan fingerprint density at radius 2 is 0.912 bits per heavy atom. The van der Waals surface area contributed by atoms with Crippen LogP contribution in [0.1, 0.15) is 124 Å². The van der Waals surface area contributed by atoms with E-state index < -0.39 is 13.9 Å². The largest absolute Gasteiger partial charge is 0.737 e. The number of allylic oxidation sites excluding steroid dienone is 4. The van der Waals surface area contributed by atoms with Gasteiger partial charge in [-0.25, -0.2) is 0 Å². The fourth-order valence-electron chi connectivity index (χ4n) is 11.7. The lowest BCUT2D eigenvalue weighted by Crippen LogP contribution is -2.51. The number of nitrogens with zero attached hydrogens (tertiary/aromatic N) is 4. The highest BCUT2D eigenvalue weighted by atomic mass is 19.3. The zero-order valence-corrected chi connectivity index (χ0v) is 35.2. The Kier molecular flexibility index (Phi) is 8.05. The van der Waals surface area contributed by atoms with Crippen molar-refractivity contribution in [3.8, 4) is 0 Å². The average molecular weight is 773 g/mol. The number of rotatable bonds is 6. The van der Waals surface area contributed by atoms with Crippen LogP contribution in [0.15, 0.2) is 74.5 Å². The van der Waals surface area contributed by atoms with E-state index in [9.17, 15) is 0 Å². The van der Waals surface area contributed by atoms with Crippen LogP contribution in [0.4, 0.5) is 17.3 Å². The number of hydrogen-bond acceptors (Lipinski definition) is 1. The second-order valence-corrected chi connectivity index (χ2v) is 16.4. The van der Waals surface area contributed by atoms with Crippen LogP contribution < -0.4 is 0 Å². The molecule has 0 N–H and O–H groups in total. The molecule has 0 saturated heterocycles. The second-order valence-electron chi connectivity index (χ2n) is 16.4. The van der Waals surface area contributed by atoms with Crippen LogP contribution in [0.3, 0.4) is 0 Å². The van der Waals surface area contributed by atoms with E-state index in [1.807, 2.05) is 119 Å². The topological polar surface area (TPSA) is 29.0 Å². The Hall–Kier alpha value is -5.05. The van der Waals surface area contributed by atoms with Gasteiger partial charge < -0.3 is 39.6 Å². The molecule has 0 aliphatic carbocycles. The van der Waals surface area contributed by atoms with Gasteiger partial charge in [0, 0.05) is 69.4 Å². The molecule has 0 radical (unpaired) electrons. The Balaban J connectivity index is 1.43. The Morgan fingerprint density at radius 3 is 1.25 bits per heavy atom. The lowest BCUT2D eigenvalue weighted by Gasteiger charge is -2.34. The quantitative estimate of drug-likeness (QED) is 0.125. The first-order valence-electron chi connectivity index (χ1n) is 20.6. The summed E-state index contributed by atoms with van der Waals surface area (Å²) >= 11 is 0.